The molecule has 1 nitrogen and oxygen atoms in total. The summed E-state index contributed by atoms with van der Waals surface area (Å²) in [7, 11) is 0. The van der Waals surface area contributed by atoms with Crippen LogP contribution in [0.1, 0.15) is 30.0 Å². The van der Waals surface area contributed by atoms with Gasteiger partial charge in [-0.2, -0.15) is 0 Å². The standard InChI is InChI=1S/C13H14BrN/c1-8-4-11(7-13(14)15-8)12-6-9-2-3-10(12)5-9/h2-4,7,9-10,12H,5-6H2,1H3. The van der Waals surface area contributed by atoms with Crippen LogP contribution in [0.4, 0.5) is 0 Å². The number of hydrogen-bond donors (Lipinski definition) is 0. The zero-order valence-corrected chi connectivity index (χ0v) is 10.4. The lowest BCUT2D eigenvalue weighted by molar-refractivity contribution is 0.584. The summed E-state index contributed by atoms with van der Waals surface area (Å²) < 4.78 is 0.976. The third kappa shape index (κ3) is 1.65. The zero-order chi connectivity index (χ0) is 10.4. The number of pyridine rings is 1. The molecule has 1 aromatic rings. The highest BCUT2D eigenvalue weighted by Gasteiger charge is 2.36. The highest BCUT2D eigenvalue weighted by atomic mass is 79.9. The summed E-state index contributed by atoms with van der Waals surface area (Å²) in [6.07, 6.45) is 7.49. The van der Waals surface area contributed by atoms with Crippen molar-refractivity contribution in [2.75, 3.05) is 0 Å². The molecule has 2 aliphatic carbocycles. The van der Waals surface area contributed by atoms with E-state index in [1.54, 1.807) is 0 Å². The lowest BCUT2D eigenvalue weighted by Crippen LogP contribution is -2.05. The van der Waals surface area contributed by atoms with E-state index >= 15 is 0 Å². The Balaban J connectivity index is 1.96. The summed E-state index contributed by atoms with van der Waals surface area (Å²) in [6, 6.07) is 4.43. The Morgan fingerprint density at radius 1 is 1.27 bits per heavy atom. The predicted molar refractivity (Wildman–Crippen MR) is 64.8 cm³/mol. The number of rotatable bonds is 1. The Morgan fingerprint density at radius 3 is 2.73 bits per heavy atom. The normalized spacial score (nSPS) is 32.5. The largest absolute Gasteiger partial charge is 0.246 e. The van der Waals surface area contributed by atoms with E-state index in [1.165, 1.54) is 18.4 Å². The fraction of sp³-hybridized carbons (Fsp3) is 0.462. The molecule has 1 aromatic heterocycles. The molecule has 1 saturated carbocycles. The summed E-state index contributed by atoms with van der Waals surface area (Å²) in [5.74, 6) is 2.36. The minimum Gasteiger partial charge on any atom is -0.246 e. The molecule has 2 aliphatic rings. The van der Waals surface area contributed by atoms with Crippen LogP contribution in [0, 0.1) is 18.8 Å². The topological polar surface area (TPSA) is 12.9 Å². The molecular weight excluding hydrogens is 250 g/mol. The Bertz CT molecular complexity index is 404. The van der Waals surface area contributed by atoms with E-state index in [1.807, 2.05) is 0 Å². The lowest BCUT2D eigenvalue weighted by atomic mass is 9.87. The molecule has 3 atom stereocenters. The van der Waals surface area contributed by atoms with Crippen LogP contribution < -0.4 is 0 Å². The monoisotopic (exact) mass is 263 g/mol. The van der Waals surface area contributed by atoms with Gasteiger partial charge in [0.05, 0.1) is 0 Å². The van der Waals surface area contributed by atoms with E-state index in [9.17, 15) is 0 Å². The molecule has 0 amide bonds. The van der Waals surface area contributed by atoms with E-state index < -0.39 is 0 Å². The Hall–Kier alpha value is -0.630. The fourth-order valence-corrected chi connectivity index (χ4v) is 3.58. The first-order valence-corrected chi connectivity index (χ1v) is 6.34. The molecule has 2 bridgehead atoms. The Kier molecular flexibility index (Phi) is 2.20. The first-order chi connectivity index (χ1) is 7.22. The van der Waals surface area contributed by atoms with Crippen LogP contribution in [0.3, 0.4) is 0 Å². The quantitative estimate of drug-likeness (QED) is 0.555. The number of halogens is 1. The van der Waals surface area contributed by atoms with Gasteiger partial charge >= 0.3 is 0 Å². The molecule has 0 saturated heterocycles. The first kappa shape index (κ1) is 9.59. The molecule has 1 heterocycles. The average molecular weight is 264 g/mol. The SMILES string of the molecule is Cc1cc(C2CC3C=CC2C3)cc(Br)n1. The van der Waals surface area contributed by atoms with E-state index in [-0.39, 0.29) is 0 Å². The molecular formula is C13H14BrN. The number of aromatic nitrogens is 1. The molecule has 78 valence electrons. The molecule has 0 aromatic carbocycles. The third-order valence-corrected chi connectivity index (χ3v) is 4.06. The van der Waals surface area contributed by atoms with Crippen molar-refractivity contribution in [1.82, 2.24) is 4.98 Å². The van der Waals surface area contributed by atoms with Crippen molar-refractivity contribution in [3.05, 3.63) is 40.1 Å². The molecule has 1 fully saturated rings. The molecule has 0 radical (unpaired) electrons. The van der Waals surface area contributed by atoms with Crippen LogP contribution in [-0.2, 0) is 0 Å². The van der Waals surface area contributed by atoms with Gasteiger partial charge in [-0.15, -0.1) is 0 Å². The summed E-state index contributed by atoms with van der Waals surface area (Å²) in [5.41, 5.74) is 2.58. The lowest BCUT2D eigenvalue weighted by Gasteiger charge is -2.18. The van der Waals surface area contributed by atoms with Crippen LogP contribution >= 0.6 is 15.9 Å². The first-order valence-electron chi connectivity index (χ1n) is 5.55. The van der Waals surface area contributed by atoms with Crippen molar-refractivity contribution >= 4 is 15.9 Å². The second kappa shape index (κ2) is 3.44. The van der Waals surface area contributed by atoms with Gasteiger partial charge in [-0.05, 0) is 71.1 Å². The zero-order valence-electron chi connectivity index (χ0n) is 8.78. The minimum atomic E-state index is 0.734. The van der Waals surface area contributed by atoms with Crippen LogP contribution in [-0.4, -0.2) is 4.98 Å². The van der Waals surface area contributed by atoms with Crippen molar-refractivity contribution in [1.29, 1.82) is 0 Å². The number of allylic oxidation sites excluding steroid dienone is 2. The van der Waals surface area contributed by atoms with Gasteiger partial charge in [0.25, 0.3) is 0 Å². The van der Waals surface area contributed by atoms with Crippen LogP contribution in [0.2, 0.25) is 0 Å². The van der Waals surface area contributed by atoms with Crippen molar-refractivity contribution in [2.24, 2.45) is 11.8 Å². The van der Waals surface area contributed by atoms with Gasteiger partial charge in [0.2, 0.25) is 0 Å². The predicted octanol–water partition coefficient (Wildman–Crippen LogP) is 3.83. The third-order valence-electron chi connectivity index (χ3n) is 3.65. The van der Waals surface area contributed by atoms with Gasteiger partial charge in [0, 0.05) is 5.69 Å². The maximum atomic E-state index is 4.37. The molecule has 3 rings (SSSR count). The molecule has 0 N–H and O–H groups in total. The molecule has 0 spiro atoms. The smallest absolute Gasteiger partial charge is 0.106 e. The van der Waals surface area contributed by atoms with E-state index in [0.717, 1.165) is 28.1 Å². The maximum Gasteiger partial charge on any atom is 0.106 e. The Labute approximate surface area is 98.7 Å². The maximum absolute atomic E-state index is 4.37. The van der Waals surface area contributed by atoms with Crippen molar-refractivity contribution in [3.63, 3.8) is 0 Å². The molecule has 2 heteroatoms. The van der Waals surface area contributed by atoms with Crippen molar-refractivity contribution in [2.45, 2.75) is 25.7 Å². The fourth-order valence-electron chi connectivity index (χ4n) is 3.03. The summed E-state index contributed by atoms with van der Waals surface area (Å²) in [6.45, 7) is 2.07. The van der Waals surface area contributed by atoms with E-state index in [2.05, 4.69) is 52.1 Å². The number of hydrogen-bond acceptors (Lipinski definition) is 1. The second-order valence-electron chi connectivity index (χ2n) is 4.75. The number of aryl methyl sites for hydroxylation is 1. The van der Waals surface area contributed by atoms with Crippen LogP contribution in [0.15, 0.2) is 28.9 Å². The van der Waals surface area contributed by atoms with Gasteiger partial charge in [-0.25, -0.2) is 4.98 Å². The summed E-state index contributed by atoms with van der Waals surface area (Å²) >= 11 is 3.48. The number of fused-ring (bicyclic) bond motifs is 2. The highest BCUT2D eigenvalue weighted by molar-refractivity contribution is 9.10. The van der Waals surface area contributed by atoms with Gasteiger partial charge in [-0.3, -0.25) is 0 Å². The van der Waals surface area contributed by atoms with Gasteiger partial charge in [0.15, 0.2) is 0 Å². The van der Waals surface area contributed by atoms with E-state index in [4.69, 9.17) is 0 Å². The van der Waals surface area contributed by atoms with Crippen molar-refractivity contribution < 1.29 is 0 Å². The van der Waals surface area contributed by atoms with Gasteiger partial charge < -0.3 is 0 Å². The van der Waals surface area contributed by atoms with Gasteiger partial charge in [0.1, 0.15) is 4.60 Å². The van der Waals surface area contributed by atoms with Crippen LogP contribution in [0.25, 0.3) is 0 Å². The molecule has 3 unspecified atom stereocenters. The van der Waals surface area contributed by atoms with Gasteiger partial charge in [-0.1, -0.05) is 12.2 Å². The minimum absolute atomic E-state index is 0.734. The van der Waals surface area contributed by atoms with E-state index in [0.29, 0.717) is 0 Å². The second-order valence-corrected chi connectivity index (χ2v) is 5.56. The van der Waals surface area contributed by atoms with Crippen molar-refractivity contribution in [3.8, 4) is 0 Å². The highest BCUT2D eigenvalue weighted by Crippen LogP contribution is 2.48. The number of nitrogens with zero attached hydrogens (tertiary/aromatic N) is 1. The van der Waals surface area contributed by atoms with Crippen LogP contribution in [0.5, 0.6) is 0 Å². The molecule has 15 heavy (non-hydrogen) atoms. The Morgan fingerprint density at radius 2 is 2.13 bits per heavy atom. The average Bonchev–Trinajstić information content (AvgIpc) is 2.76. The summed E-state index contributed by atoms with van der Waals surface area (Å²) in [5, 5.41) is 0. The summed E-state index contributed by atoms with van der Waals surface area (Å²) in [4.78, 5) is 4.37. The molecule has 0 aliphatic heterocycles.